The minimum absolute atomic E-state index is 0.172. The Morgan fingerprint density at radius 1 is 1.33 bits per heavy atom. The van der Waals surface area contributed by atoms with E-state index in [0.29, 0.717) is 24.0 Å². The van der Waals surface area contributed by atoms with Crippen molar-refractivity contribution in [1.29, 1.82) is 0 Å². The Kier molecular flexibility index (Phi) is 7.63. The van der Waals surface area contributed by atoms with Gasteiger partial charge >= 0.3 is 0 Å². The van der Waals surface area contributed by atoms with E-state index in [2.05, 4.69) is 5.92 Å². The summed E-state index contributed by atoms with van der Waals surface area (Å²) in [4.78, 5) is 0. The average Bonchev–Trinajstić information content (AvgIpc) is 2.38. The highest BCUT2D eigenvalue weighted by atomic mass is 32.2. The van der Waals surface area contributed by atoms with Gasteiger partial charge in [-0.25, -0.2) is 8.42 Å². The second-order valence-electron chi connectivity index (χ2n) is 5.74. The molecule has 1 atom stereocenters. The van der Waals surface area contributed by atoms with Crippen molar-refractivity contribution >= 4 is 10.1 Å². The Morgan fingerprint density at radius 3 is 2.57 bits per heavy atom. The van der Waals surface area contributed by atoms with Crippen LogP contribution in [0.5, 0.6) is 0 Å². The summed E-state index contributed by atoms with van der Waals surface area (Å²) in [5.41, 5.74) is 0. The Balaban J connectivity index is 2.51. The predicted octanol–water partition coefficient (Wildman–Crippen LogP) is -0.0669. The zero-order valence-corrected chi connectivity index (χ0v) is 13.2. The second-order valence-corrected chi connectivity index (χ2v) is 7.27. The molecule has 1 aliphatic heterocycles. The van der Waals surface area contributed by atoms with E-state index >= 15 is 0 Å². The van der Waals surface area contributed by atoms with Crippen molar-refractivity contribution < 1.29 is 27.3 Å². The lowest BCUT2D eigenvalue weighted by atomic mass is 10.1. The summed E-state index contributed by atoms with van der Waals surface area (Å²) in [5, 5.41) is 10.1. The SMILES string of the molecule is C#CCOCC(O)C[N+]1(CCCS(=O)(=O)[O-])CCCCC1. The van der Waals surface area contributed by atoms with Crippen LogP contribution in [0.3, 0.4) is 0 Å². The van der Waals surface area contributed by atoms with E-state index in [1.165, 1.54) is 0 Å². The fourth-order valence-corrected chi connectivity index (χ4v) is 3.49. The summed E-state index contributed by atoms with van der Waals surface area (Å²) in [6.45, 7) is 3.29. The molecule has 1 fully saturated rings. The molecule has 0 aliphatic carbocycles. The Morgan fingerprint density at radius 2 is 2.00 bits per heavy atom. The number of hydrogen-bond acceptors (Lipinski definition) is 5. The molecule has 0 aromatic rings. The van der Waals surface area contributed by atoms with Gasteiger partial charge < -0.3 is 18.9 Å². The molecule has 7 heteroatoms. The Labute approximate surface area is 127 Å². The van der Waals surface area contributed by atoms with Crippen LogP contribution >= 0.6 is 0 Å². The molecule has 1 N–H and O–H groups in total. The lowest BCUT2D eigenvalue weighted by Gasteiger charge is -2.43. The first-order valence-electron chi connectivity index (χ1n) is 7.35. The molecule has 6 nitrogen and oxygen atoms in total. The van der Waals surface area contributed by atoms with Gasteiger partial charge in [0.2, 0.25) is 0 Å². The van der Waals surface area contributed by atoms with Gasteiger partial charge in [0.25, 0.3) is 0 Å². The normalized spacial score (nSPS) is 19.9. The third-order valence-electron chi connectivity index (χ3n) is 3.89. The highest BCUT2D eigenvalue weighted by molar-refractivity contribution is 7.85. The summed E-state index contributed by atoms with van der Waals surface area (Å²) < 4.78 is 38.0. The van der Waals surface area contributed by atoms with Crippen LogP contribution in [0, 0.1) is 12.3 Å². The lowest BCUT2D eigenvalue weighted by Crippen LogP contribution is -2.56. The molecule has 21 heavy (non-hydrogen) atoms. The minimum Gasteiger partial charge on any atom is -0.748 e. The first-order chi connectivity index (χ1) is 9.87. The molecule has 0 saturated carbocycles. The van der Waals surface area contributed by atoms with E-state index in [9.17, 15) is 18.1 Å². The smallest absolute Gasteiger partial charge is 0.126 e. The summed E-state index contributed by atoms with van der Waals surface area (Å²) in [7, 11) is -4.17. The van der Waals surface area contributed by atoms with E-state index in [-0.39, 0.29) is 19.0 Å². The van der Waals surface area contributed by atoms with Crippen molar-refractivity contribution in [2.75, 3.05) is 45.1 Å². The first-order valence-corrected chi connectivity index (χ1v) is 8.93. The molecular formula is C14H25NO5S. The third kappa shape index (κ3) is 7.79. The van der Waals surface area contributed by atoms with E-state index in [0.717, 1.165) is 32.4 Å². The number of rotatable bonds is 9. The Bertz CT molecular complexity index is 437. The number of quaternary nitrogens is 1. The number of aliphatic hydroxyl groups is 1. The molecule has 1 saturated heterocycles. The fraction of sp³-hybridized carbons (Fsp3) is 0.857. The lowest BCUT2D eigenvalue weighted by molar-refractivity contribution is -0.935. The van der Waals surface area contributed by atoms with Gasteiger partial charge in [-0.1, -0.05) is 5.92 Å². The molecular weight excluding hydrogens is 294 g/mol. The summed E-state index contributed by atoms with van der Waals surface area (Å²) in [6.07, 6.45) is 8.07. The molecule has 0 radical (unpaired) electrons. The average molecular weight is 319 g/mol. The van der Waals surface area contributed by atoms with Crippen molar-refractivity contribution in [2.45, 2.75) is 31.8 Å². The standard InChI is InChI=1S/C14H25NO5S/c1-2-10-20-13-14(16)12-15(7-4-3-5-8-15)9-6-11-21(17,18)19/h1,14,16H,3-13H2. The fourth-order valence-electron chi connectivity index (χ4n) is 3.01. The van der Waals surface area contributed by atoms with E-state index in [1.54, 1.807) is 0 Å². The maximum Gasteiger partial charge on any atom is 0.126 e. The number of terminal acetylenes is 1. The van der Waals surface area contributed by atoms with Crippen LogP contribution in [0.1, 0.15) is 25.7 Å². The number of nitrogens with zero attached hydrogens (tertiary/aromatic N) is 1. The number of likely N-dealkylation sites (tertiary alicyclic amines) is 1. The molecule has 0 spiro atoms. The predicted molar refractivity (Wildman–Crippen MR) is 78.4 cm³/mol. The van der Waals surface area contributed by atoms with Crippen molar-refractivity contribution in [1.82, 2.24) is 0 Å². The van der Waals surface area contributed by atoms with Crippen LogP contribution in [0.25, 0.3) is 0 Å². The number of aliphatic hydroxyl groups excluding tert-OH is 1. The molecule has 1 unspecified atom stereocenters. The molecule has 1 aliphatic rings. The summed E-state index contributed by atoms with van der Waals surface area (Å²) >= 11 is 0. The van der Waals surface area contributed by atoms with Gasteiger partial charge in [0.05, 0.1) is 36.4 Å². The molecule has 1 heterocycles. The van der Waals surface area contributed by atoms with Crippen molar-refractivity contribution in [2.24, 2.45) is 0 Å². The summed E-state index contributed by atoms with van der Waals surface area (Å²) in [6, 6.07) is 0. The largest absolute Gasteiger partial charge is 0.748 e. The highest BCUT2D eigenvalue weighted by Crippen LogP contribution is 2.20. The number of piperidine rings is 1. The van der Waals surface area contributed by atoms with Crippen LogP contribution in [-0.2, 0) is 14.9 Å². The van der Waals surface area contributed by atoms with Crippen LogP contribution in [0.15, 0.2) is 0 Å². The molecule has 122 valence electrons. The molecule has 1 rings (SSSR count). The zero-order chi connectivity index (χ0) is 15.8. The summed E-state index contributed by atoms with van der Waals surface area (Å²) in [5.74, 6) is 2.01. The molecule has 0 aromatic carbocycles. The molecule has 0 bridgehead atoms. The van der Waals surface area contributed by atoms with Crippen LogP contribution < -0.4 is 0 Å². The topological polar surface area (TPSA) is 86.7 Å². The minimum atomic E-state index is -4.17. The zero-order valence-electron chi connectivity index (χ0n) is 12.4. The quantitative estimate of drug-likeness (QED) is 0.278. The van der Waals surface area contributed by atoms with Crippen molar-refractivity contribution in [3.8, 4) is 12.3 Å². The van der Waals surface area contributed by atoms with E-state index in [4.69, 9.17) is 11.2 Å². The maximum atomic E-state index is 10.7. The van der Waals surface area contributed by atoms with Crippen LogP contribution in [0.2, 0.25) is 0 Å². The van der Waals surface area contributed by atoms with Crippen LogP contribution in [-0.4, -0.2) is 73.8 Å². The van der Waals surface area contributed by atoms with Crippen molar-refractivity contribution in [3.63, 3.8) is 0 Å². The monoisotopic (exact) mass is 319 g/mol. The maximum absolute atomic E-state index is 10.7. The second kappa shape index (κ2) is 8.71. The van der Waals surface area contributed by atoms with Gasteiger partial charge in [-0.15, -0.1) is 6.42 Å². The Hall–Kier alpha value is -0.650. The van der Waals surface area contributed by atoms with E-state index < -0.39 is 16.2 Å². The first kappa shape index (κ1) is 18.4. The van der Waals surface area contributed by atoms with Crippen LogP contribution in [0.4, 0.5) is 0 Å². The van der Waals surface area contributed by atoms with Gasteiger partial charge in [0.15, 0.2) is 0 Å². The highest BCUT2D eigenvalue weighted by Gasteiger charge is 2.32. The number of hydrogen-bond donors (Lipinski definition) is 1. The van der Waals surface area contributed by atoms with Gasteiger partial charge in [-0.2, -0.15) is 0 Å². The van der Waals surface area contributed by atoms with E-state index in [1.807, 2.05) is 0 Å². The third-order valence-corrected chi connectivity index (χ3v) is 4.67. The van der Waals surface area contributed by atoms with Gasteiger partial charge in [0.1, 0.15) is 19.3 Å². The molecule has 0 amide bonds. The van der Waals surface area contributed by atoms with Gasteiger partial charge in [0, 0.05) is 12.2 Å². The number of ether oxygens (including phenoxy) is 1. The van der Waals surface area contributed by atoms with Gasteiger partial charge in [-0.05, 0) is 19.3 Å². The van der Waals surface area contributed by atoms with Gasteiger partial charge in [-0.3, -0.25) is 0 Å². The molecule has 0 aromatic heterocycles. The van der Waals surface area contributed by atoms with Crippen molar-refractivity contribution in [3.05, 3.63) is 0 Å².